The van der Waals surface area contributed by atoms with Gasteiger partial charge in [0.25, 0.3) is 5.91 Å². The number of rotatable bonds is 7. The highest BCUT2D eigenvalue weighted by atomic mass is 19.4. The molecule has 3 rings (SSSR count). The van der Waals surface area contributed by atoms with E-state index in [1.54, 1.807) is 6.07 Å². The van der Waals surface area contributed by atoms with Gasteiger partial charge in [0.15, 0.2) is 0 Å². The van der Waals surface area contributed by atoms with Crippen molar-refractivity contribution >= 4 is 17.6 Å². The number of aryl methyl sites for hydroxylation is 1. The molecule has 0 bridgehead atoms. The van der Waals surface area contributed by atoms with Crippen LogP contribution in [-0.4, -0.2) is 23.3 Å². The first-order chi connectivity index (χ1) is 13.3. The number of nitrogens with zero attached hydrogens (tertiary/aromatic N) is 1. The Morgan fingerprint density at radius 1 is 1.14 bits per heavy atom. The number of pyridine rings is 1. The Morgan fingerprint density at radius 2 is 1.93 bits per heavy atom. The van der Waals surface area contributed by atoms with Crippen molar-refractivity contribution in [2.45, 2.75) is 31.9 Å². The molecule has 1 aromatic carbocycles. The van der Waals surface area contributed by atoms with Crippen LogP contribution in [0.15, 0.2) is 42.6 Å². The van der Waals surface area contributed by atoms with E-state index >= 15 is 0 Å². The molecule has 1 aliphatic carbocycles. The summed E-state index contributed by atoms with van der Waals surface area (Å²) >= 11 is 0. The zero-order chi connectivity index (χ0) is 20.1. The predicted octanol–water partition coefficient (Wildman–Crippen LogP) is 3.81. The lowest BCUT2D eigenvalue weighted by atomic mass is 10.1. The monoisotopic (exact) mass is 391 g/mol. The first kappa shape index (κ1) is 19.9. The van der Waals surface area contributed by atoms with Crippen LogP contribution in [0.25, 0.3) is 0 Å². The highest BCUT2D eigenvalue weighted by molar-refractivity contribution is 5.97. The van der Waals surface area contributed by atoms with Gasteiger partial charge in [-0.25, -0.2) is 4.98 Å². The standard InChI is InChI=1S/C20H20F3N3O2/c21-20(22,23)16-5-1-3-13(11-16)4-2-9-25-18(27)15-8-10-24-17(12-15)26-19(28)14-6-7-14/h1,3,5,8,10-12,14H,2,4,6-7,9H2,(H,25,27)(H,24,26,28). The van der Waals surface area contributed by atoms with Gasteiger partial charge in [0, 0.05) is 24.2 Å². The van der Waals surface area contributed by atoms with Gasteiger partial charge in [-0.3, -0.25) is 9.59 Å². The summed E-state index contributed by atoms with van der Waals surface area (Å²) in [5.41, 5.74) is 0.254. The van der Waals surface area contributed by atoms with Crippen LogP contribution < -0.4 is 10.6 Å². The number of aromatic nitrogens is 1. The maximum absolute atomic E-state index is 12.7. The molecular weight excluding hydrogens is 371 g/mol. The average molecular weight is 391 g/mol. The minimum Gasteiger partial charge on any atom is -0.352 e. The van der Waals surface area contributed by atoms with Crippen molar-refractivity contribution < 1.29 is 22.8 Å². The van der Waals surface area contributed by atoms with E-state index in [0.29, 0.717) is 36.3 Å². The zero-order valence-electron chi connectivity index (χ0n) is 15.1. The van der Waals surface area contributed by atoms with Gasteiger partial charge in [0.05, 0.1) is 5.56 Å². The summed E-state index contributed by atoms with van der Waals surface area (Å²) in [6.45, 7) is 0.321. The maximum Gasteiger partial charge on any atom is 0.416 e. The Morgan fingerprint density at radius 3 is 2.64 bits per heavy atom. The smallest absolute Gasteiger partial charge is 0.352 e. The number of hydrogen-bond acceptors (Lipinski definition) is 3. The molecule has 0 aliphatic heterocycles. The van der Waals surface area contributed by atoms with E-state index in [1.807, 2.05) is 0 Å². The molecule has 1 aliphatic rings. The topological polar surface area (TPSA) is 71.1 Å². The summed E-state index contributed by atoms with van der Waals surface area (Å²) in [5.74, 6) is -0.0526. The lowest BCUT2D eigenvalue weighted by Crippen LogP contribution is -2.25. The van der Waals surface area contributed by atoms with Crippen LogP contribution in [0.4, 0.5) is 19.0 Å². The van der Waals surface area contributed by atoms with Crippen molar-refractivity contribution in [1.82, 2.24) is 10.3 Å². The highest BCUT2D eigenvalue weighted by Crippen LogP contribution is 2.30. The third-order valence-electron chi connectivity index (χ3n) is 4.40. The van der Waals surface area contributed by atoms with E-state index in [2.05, 4.69) is 15.6 Å². The first-order valence-corrected chi connectivity index (χ1v) is 9.04. The molecule has 2 N–H and O–H groups in total. The first-order valence-electron chi connectivity index (χ1n) is 9.04. The Kier molecular flexibility index (Phi) is 5.96. The number of carbonyl (C=O) groups excluding carboxylic acids is 2. The van der Waals surface area contributed by atoms with Crippen LogP contribution in [-0.2, 0) is 17.4 Å². The molecule has 0 atom stereocenters. The van der Waals surface area contributed by atoms with Crippen molar-refractivity contribution in [1.29, 1.82) is 0 Å². The molecule has 28 heavy (non-hydrogen) atoms. The van der Waals surface area contributed by atoms with Gasteiger partial charge in [-0.15, -0.1) is 0 Å². The highest BCUT2D eigenvalue weighted by Gasteiger charge is 2.30. The maximum atomic E-state index is 12.7. The molecule has 8 heteroatoms. The fourth-order valence-corrected chi connectivity index (χ4v) is 2.71. The Bertz CT molecular complexity index is 864. The number of alkyl halides is 3. The SMILES string of the molecule is O=C(NCCCc1cccc(C(F)(F)F)c1)c1ccnc(NC(=O)C2CC2)c1. The molecule has 1 saturated carbocycles. The fraction of sp³-hybridized carbons (Fsp3) is 0.350. The molecule has 1 heterocycles. The molecule has 0 saturated heterocycles. The molecule has 0 radical (unpaired) electrons. The predicted molar refractivity (Wildman–Crippen MR) is 97.7 cm³/mol. The van der Waals surface area contributed by atoms with E-state index in [1.165, 1.54) is 24.4 Å². The summed E-state index contributed by atoms with van der Waals surface area (Å²) in [6, 6.07) is 8.21. The molecule has 2 amide bonds. The second-order valence-corrected chi connectivity index (χ2v) is 6.75. The largest absolute Gasteiger partial charge is 0.416 e. The zero-order valence-corrected chi connectivity index (χ0v) is 15.1. The number of anilines is 1. The van der Waals surface area contributed by atoms with E-state index in [4.69, 9.17) is 0 Å². The number of benzene rings is 1. The number of amides is 2. The van der Waals surface area contributed by atoms with Crippen molar-refractivity contribution in [3.05, 3.63) is 59.3 Å². The van der Waals surface area contributed by atoms with E-state index in [9.17, 15) is 22.8 Å². The Hall–Kier alpha value is -2.90. The van der Waals surface area contributed by atoms with E-state index < -0.39 is 11.7 Å². The third kappa shape index (κ3) is 5.55. The van der Waals surface area contributed by atoms with Crippen LogP contribution >= 0.6 is 0 Å². The van der Waals surface area contributed by atoms with Crippen molar-refractivity contribution in [2.75, 3.05) is 11.9 Å². The lowest BCUT2D eigenvalue weighted by Gasteiger charge is -2.09. The molecule has 0 spiro atoms. The van der Waals surface area contributed by atoms with Crippen molar-refractivity contribution in [3.8, 4) is 0 Å². The summed E-state index contributed by atoms with van der Waals surface area (Å²) in [7, 11) is 0. The summed E-state index contributed by atoms with van der Waals surface area (Å²) < 4.78 is 38.2. The summed E-state index contributed by atoms with van der Waals surface area (Å²) in [4.78, 5) is 28.0. The van der Waals surface area contributed by atoms with Crippen LogP contribution in [0.5, 0.6) is 0 Å². The van der Waals surface area contributed by atoms with Gasteiger partial charge < -0.3 is 10.6 Å². The van der Waals surface area contributed by atoms with Crippen molar-refractivity contribution in [2.24, 2.45) is 5.92 Å². The van der Waals surface area contributed by atoms with E-state index in [0.717, 1.165) is 25.0 Å². The minimum atomic E-state index is -4.36. The normalized spacial score (nSPS) is 13.8. The summed E-state index contributed by atoms with van der Waals surface area (Å²) in [6.07, 6.45) is -0.249. The minimum absolute atomic E-state index is 0.0372. The van der Waals surface area contributed by atoms with E-state index in [-0.39, 0.29) is 17.7 Å². The van der Waals surface area contributed by atoms with Crippen LogP contribution in [0, 0.1) is 5.92 Å². The van der Waals surface area contributed by atoms with Gasteiger partial charge in [0.1, 0.15) is 5.82 Å². The number of carbonyl (C=O) groups is 2. The van der Waals surface area contributed by atoms with Crippen LogP contribution in [0.1, 0.15) is 40.7 Å². The fourth-order valence-electron chi connectivity index (χ4n) is 2.71. The van der Waals surface area contributed by atoms with Gasteiger partial charge >= 0.3 is 6.18 Å². The summed E-state index contributed by atoms with van der Waals surface area (Å²) in [5, 5.41) is 5.41. The molecular formula is C20H20F3N3O2. The van der Waals surface area contributed by atoms with Gasteiger partial charge in [0.2, 0.25) is 5.91 Å². The molecule has 1 aromatic heterocycles. The average Bonchev–Trinajstić information content (AvgIpc) is 3.50. The molecule has 5 nitrogen and oxygen atoms in total. The molecule has 0 unspecified atom stereocenters. The second-order valence-electron chi connectivity index (χ2n) is 6.75. The number of hydrogen-bond donors (Lipinski definition) is 2. The molecule has 1 fully saturated rings. The van der Waals surface area contributed by atoms with Crippen molar-refractivity contribution in [3.63, 3.8) is 0 Å². The molecule has 148 valence electrons. The molecule has 2 aromatic rings. The lowest BCUT2D eigenvalue weighted by molar-refractivity contribution is -0.137. The third-order valence-corrected chi connectivity index (χ3v) is 4.40. The number of nitrogens with one attached hydrogen (secondary N) is 2. The van der Waals surface area contributed by atoms with Gasteiger partial charge in [-0.1, -0.05) is 18.2 Å². The number of halogens is 3. The Labute approximate surface area is 160 Å². The van der Waals surface area contributed by atoms with Gasteiger partial charge in [-0.2, -0.15) is 13.2 Å². The van der Waals surface area contributed by atoms with Crippen LogP contribution in [0.2, 0.25) is 0 Å². The second kappa shape index (κ2) is 8.41. The van der Waals surface area contributed by atoms with Gasteiger partial charge in [-0.05, 0) is 49.4 Å². The van der Waals surface area contributed by atoms with Crippen LogP contribution in [0.3, 0.4) is 0 Å². The quantitative estimate of drug-likeness (QED) is 0.705. The Balaban J connectivity index is 1.47.